The molecule has 4 aromatic heterocycles. The van der Waals surface area contributed by atoms with Crippen LogP contribution < -0.4 is 0 Å². The maximum Gasteiger partial charge on any atom is 0.160 e. The van der Waals surface area contributed by atoms with Crippen molar-refractivity contribution in [3.8, 4) is 56.3 Å². The molecule has 10 rings (SSSR count). The average molecular weight is 652 g/mol. The Kier molecular flexibility index (Phi) is 6.74. The van der Waals surface area contributed by atoms with Crippen molar-refractivity contribution >= 4 is 38.2 Å². The molecule has 0 bridgehead atoms. The van der Waals surface area contributed by atoms with Gasteiger partial charge in [-0.05, 0) is 29.3 Å². The lowest BCUT2D eigenvalue weighted by molar-refractivity contribution is 1.20. The fourth-order valence-corrected chi connectivity index (χ4v) is 7.10. The molecule has 0 fully saturated rings. The van der Waals surface area contributed by atoms with Crippen LogP contribution in [0.25, 0.3) is 94.5 Å². The van der Waals surface area contributed by atoms with Crippen molar-refractivity contribution in [3.05, 3.63) is 176 Å². The summed E-state index contributed by atoms with van der Waals surface area (Å²) in [6, 6.07) is 56.6. The van der Waals surface area contributed by atoms with E-state index < -0.39 is 0 Å². The predicted molar refractivity (Wildman–Crippen MR) is 208 cm³/mol. The van der Waals surface area contributed by atoms with Gasteiger partial charge in [0, 0.05) is 56.2 Å². The van der Waals surface area contributed by atoms with Crippen LogP contribution in [-0.2, 0) is 0 Å². The van der Waals surface area contributed by atoms with Gasteiger partial charge in [0.05, 0.1) is 28.1 Å². The Morgan fingerprint density at radius 2 is 0.882 bits per heavy atom. The molecule has 0 unspecified atom stereocenters. The summed E-state index contributed by atoms with van der Waals surface area (Å²) in [4.78, 5) is 20.5. The number of benzene rings is 6. The van der Waals surface area contributed by atoms with Crippen LogP contribution in [0.1, 0.15) is 0 Å². The minimum absolute atomic E-state index is 0.702. The summed E-state index contributed by atoms with van der Waals surface area (Å²) in [5.41, 5.74) is 12.0. The third-order valence-corrected chi connectivity index (χ3v) is 9.64. The van der Waals surface area contributed by atoms with Crippen LogP contribution in [0.2, 0.25) is 0 Å². The Morgan fingerprint density at radius 3 is 1.59 bits per heavy atom. The summed E-state index contributed by atoms with van der Waals surface area (Å²) in [6.07, 6.45) is 4.19. The van der Waals surface area contributed by atoms with Gasteiger partial charge in [-0.15, -0.1) is 0 Å². The van der Waals surface area contributed by atoms with E-state index in [9.17, 15) is 0 Å². The number of hydrogen-bond donors (Lipinski definition) is 0. The van der Waals surface area contributed by atoms with E-state index in [4.69, 9.17) is 19.9 Å². The molecule has 0 saturated carbocycles. The van der Waals surface area contributed by atoms with E-state index in [0.717, 1.165) is 83.1 Å². The van der Waals surface area contributed by atoms with Crippen molar-refractivity contribution in [3.63, 3.8) is 0 Å². The van der Waals surface area contributed by atoms with Gasteiger partial charge in [0.15, 0.2) is 5.82 Å². The molecule has 4 heterocycles. The van der Waals surface area contributed by atoms with Gasteiger partial charge in [0.2, 0.25) is 0 Å². The Balaban J connectivity index is 1.09. The van der Waals surface area contributed by atoms with Crippen molar-refractivity contribution in [1.82, 2.24) is 24.3 Å². The SMILES string of the molecule is c1ccc(-c2ccc(-c3nc(-c4ccc(-c5nc6ccccc6c6c5ccn5cc(-c7ccccc7)nc65)cc4)c4ccccc4n3)cc2)cc1. The molecule has 0 amide bonds. The standard InChI is InChI=1S/C46H29N5/c1-3-11-30(12-4-1)31-19-25-35(26-20-31)45-48-40-18-10-8-16-37(40)43(50-45)33-21-23-34(24-22-33)44-38-27-28-51-29-41(32-13-5-2-6-14-32)49-46(51)42(38)36-15-7-9-17-39(36)47-44/h1-29H. The average Bonchev–Trinajstić information content (AvgIpc) is 3.66. The first-order chi connectivity index (χ1) is 25.3. The van der Waals surface area contributed by atoms with Gasteiger partial charge in [0.25, 0.3) is 0 Å². The Labute approximate surface area is 294 Å². The number of fused-ring (bicyclic) bond motifs is 6. The first kappa shape index (κ1) is 29.0. The Morgan fingerprint density at radius 1 is 0.353 bits per heavy atom. The highest BCUT2D eigenvalue weighted by atomic mass is 15.0. The fourth-order valence-electron chi connectivity index (χ4n) is 7.10. The molecule has 51 heavy (non-hydrogen) atoms. The molecule has 0 spiro atoms. The van der Waals surface area contributed by atoms with Gasteiger partial charge >= 0.3 is 0 Å². The lowest BCUT2D eigenvalue weighted by Gasteiger charge is -2.13. The largest absolute Gasteiger partial charge is 0.306 e. The molecule has 238 valence electrons. The van der Waals surface area contributed by atoms with Crippen LogP contribution in [0.5, 0.6) is 0 Å². The number of imidazole rings is 1. The summed E-state index contributed by atoms with van der Waals surface area (Å²) in [6.45, 7) is 0. The first-order valence-electron chi connectivity index (χ1n) is 17.1. The summed E-state index contributed by atoms with van der Waals surface area (Å²) in [5.74, 6) is 0.702. The highest BCUT2D eigenvalue weighted by molar-refractivity contribution is 6.16. The summed E-state index contributed by atoms with van der Waals surface area (Å²) < 4.78 is 2.12. The molecule has 0 saturated heterocycles. The molecular formula is C46H29N5. The highest BCUT2D eigenvalue weighted by Crippen LogP contribution is 2.37. The van der Waals surface area contributed by atoms with E-state index in [-0.39, 0.29) is 0 Å². The smallest absolute Gasteiger partial charge is 0.160 e. The van der Waals surface area contributed by atoms with Gasteiger partial charge in [-0.3, -0.25) is 0 Å². The maximum absolute atomic E-state index is 5.22. The molecule has 0 aliphatic carbocycles. The molecule has 0 aliphatic heterocycles. The molecule has 10 aromatic rings. The van der Waals surface area contributed by atoms with Crippen molar-refractivity contribution in [1.29, 1.82) is 0 Å². The van der Waals surface area contributed by atoms with Crippen LogP contribution in [0.4, 0.5) is 0 Å². The molecule has 0 atom stereocenters. The van der Waals surface area contributed by atoms with Gasteiger partial charge in [0.1, 0.15) is 5.65 Å². The second-order valence-corrected chi connectivity index (χ2v) is 12.7. The predicted octanol–water partition coefficient (Wildman–Crippen LogP) is 11.3. The van der Waals surface area contributed by atoms with E-state index >= 15 is 0 Å². The van der Waals surface area contributed by atoms with E-state index in [1.165, 1.54) is 5.56 Å². The molecule has 5 heteroatoms. The van der Waals surface area contributed by atoms with Crippen LogP contribution in [0, 0.1) is 0 Å². The van der Waals surface area contributed by atoms with E-state index in [1.807, 2.05) is 42.5 Å². The van der Waals surface area contributed by atoms with Crippen LogP contribution in [0.3, 0.4) is 0 Å². The number of hydrogen-bond acceptors (Lipinski definition) is 4. The zero-order chi connectivity index (χ0) is 33.7. The third kappa shape index (κ3) is 5.03. The van der Waals surface area contributed by atoms with E-state index in [2.05, 4.69) is 138 Å². The van der Waals surface area contributed by atoms with Gasteiger partial charge < -0.3 is 4.40 Å². The Bertz CT molecular complexity index is 2880. The lowest BCUT2D eigenvalue weighted by atomic mass is 9.99. The summed E-state index contributed by atoms with van der Waals surface area (Å²) >= 11 is 0. The van der Waals surface area contributed by atoms with Crippen molar-refractivity contribution in [2.75, 3.05) is 0 Å². The van der Waals surface area contributed by atoms with Gasteiger partial charge in [-0.25, -0.2) is 19.9 Å². The lowest BCUT2D eigenvalue weighted by Crippen LogP contribution is -1.96. The monoisotopic (exact) mass is 651 g/mol. The molecule has 5 nitrogen and oxygen atoms in total. The first-order valence-corrected chi connectivity index (χ1v) is 17.1. The van der Waals surface area contributed by atoms with Crippen molar-refractivity contribution in [2.45, 2.75) is 0 Å². The second kappa shape index (κ2) is 11.9. The number of aromatic nitrogens is 5. The number of pyridine rings is 2. The van der Waals surface area contributed by atoms with Crippen molar-refractivity contribution in [2.24, 2.45) is 0 Å². The Hall–Kier alpha value is -6.98. The summed E-state index contributed by atoms with van der Waals surface area (Å²) in [7, 11) is 0. The highest BCUT2D eigenvalue weighted by Gasteiger charge is 2.17. The third-order valence-electron chi connectivity index (χ3n) is 9.64. The molecule has 6 aromatic carbocycles. The van der Waals surface area contributed by atoms with E-state index in [1.54, 1.807) is 0 Å². The normalized spacial score (nSPS) is 11.5. The minimum atomic E-state index is 0.702. The molecular weight excluding hydrogens is 623 g/mol. The topological polar surface area (TPSA) is 56.0 Å². The van der Waals surface area contributed by atoms with Gasteiger partial charge in [-0.1, -0.05) is 146 Å². The fraction of sp³-hybridized carbons (Fsp3) is 0. The van der Waals surface area contributed by atoms with Crippen LogP contribution in [0.15, 0.2) is 176 Å². The zero-order valence-corrected chi connectivity index (χ0v) is 27.5. The van der Waals surface area contributed by atoms with Crippen LogP contribution in [-0.4, -0.2) is 24.3 Å². The number of nitrogens with zero attached hydrogens (tertiary/aromatic N) is 5. The second-order valence-electron chi connectivity index (χ2n) is 12.7. The number of rotatable bonds is 5. The van der Waals surface area contributed by atoms with Crippen LogP contribution >= 0.6 is 0 Å². The van der Waals surface area contributed by atoms with Gasteiger partial charge in [-0.2, -0.15) is 0 Å². The quantitative estimate of drug-likeness (QED) is 0.174. The molecule has 0 aliphatic rings. The summed E-state index contributed by atoms with van der Waals surface area (Å²) in [5, 5.41) is 4.25. The molecule has 0 N–H and O–H groups in total. The number of para-hydroxylation sites is 2. The minimum Gasteiger partial charge on any atom is -0.306 e. The molecule has 0 radical (unpaired) electrons. The van der Waals surface area contributed by atoms with Crippen molar-refractivity contribution < 1.29 is 0 Å². The van der Waals surface area contributed by atoms with E-state index in [0.29, 0.717) is 5.82 Å². The maximum atomic E-state index is 5.22. The zero-order valence-electron chi connectivity index (χ0n) is 27.5.